The largest absolute Gasteiger partial charge is 0.493 e. The lowest BCUT2D eigenvalue weighted by Crippen LogP contribution is -2.40. The number of methoxy groups -OCH3 is 1. The predicted molar refractivity (Wildman–Crippen MR) is 164 cm³/mol. The second kappa shape index (κ2) is 13.6. The average Bonchev–Trinajstić information content (AvgIpc) is 2.96. The van der Waals surface area contributed by atoms with Crippen molar-refractivity contribution in [3.63, 3.8) is 0 Å². The number of hydrogen-bond donors (Lipinski definition) is 1. The summed E-state index contributed by atoms with van der Waals surface area (Å²) in [6.45, 7) is 3.46. The Kier molecular flexibility index (Phi) is 9.97. The van der Waals surface area contributed by atoms with Crippen molar-refractivity contribution in [3.8, 4) is 11.5 Å². The number of anilines is 1. The standard InChI is InChI=1S/C31H29BrFN3O5S/c1-21-8-12-23(13-9-21)20-41-31-26(32)16-24(17-29(31)40-3)18-34-35-30(37)19-36(28-7-5-4-6-27(28)33)42(38,39)25-14-10-22(2)11-15-25/h4-18H,19-20H2,1-3H3,(H,35,37)/b34-18-. The molecule has 1 N–H and O–H groups in total. The highest BCUT2D eigenvalue weighted by Gasteiger charge is 2.29. The SMILES string of the molecule is COc1cc(/C=N\NC(=O)CN(c2ccccc2F)S(=O)(=O)c2ccc(C)cc2)cc(Br)c1OCc1ccc(C)cc1. The van der Waals surface area contributed by atoms with E-state index in [9.17, 15) is 17.6 Å². The van der Waals surface area contributed by atoms with Gasteiger partial charge in [0.05, 0.1) is 28.4 Å². The molecule has 0 atom stereocenters. The first-order valence-electron chi connectivity index (χ1n) is 12.8. The van der Waals surface area contributed by atoms with Crippen molar-refractivity contribution in [2.45, 2.75) is 25.3 Å². The van der Waals surface area contributed by atoms with E-state index in [-0.39, 0.29) is 10.6 Å². The average molecular weight is 655 g/mol. The van der Waals surface area contributed by atoms with Crippen LogP contribution in [0.1, 0.15) is 22.3 Å². The van der Waals surface area contributed by atoms with Crippen LogP contribution in [-0.4, -0.2) is 34.2 Å². The van der Waals surface area contributed by atoms with Crippen molar-refractivity contribution >= 4 is 43.8 Å². The number of nitrogens with zero attached hydrogens (tertiary/aromatic N) is 2. The van der Waals surface area contributed by atoms with Crippen molar-refractivity contribution in [2.75, 3.05) is 18.0 Å². The van der Waals surface area contributed by atoms with Gasteiger partial charge in [0.15, 0.2) is 11.5 Å². The van der Waals surface area contributed by atoms with Crippen LogP contribution in [0.2, 0.25) is 0 Å². The van der Waals surface area contributed by atoms with Crippen molar-refractivity contribution in [1.82, 2.24) is 5.43 Å². The quantitative estimate of drug-likeness (QED) is 0.155. The number of hydrazone groups is 1. The molecule has 4 aromatic rings. The Morgan fingerprint density at radius 2 is 1.64 bits per heavy atom. The molecule has 0 saturated heterocycles. The van der Waals surface area contributed by atoms with E-state index >= 15 is 0 Å². The van der Waals surface area contributed by atoms with Gasteiger partial charge in [0, 0.05) is 0 Å². The molecule has 0 fully saturated rings. The molecule has 8 nitrogen and oxygen atoms in total. The number of ether oxygens (including phenoxy) is 2. The molecule has 0 spiro atoms. The lowest BCUT2D eigenvalue weighted by Gasteiger charge is -2.24. The smallest absolute Gasteiger partial charge is 0.264 e. The summed E-state index contributed by atoms with van der Waals surface area (Å²) in [6, 6.07) is 22.8. The number of sulfonamides is 1. The molecule has 218 valence electrons. The van der Waals surface area contributed by atoms with Crippen LogP contribution in [0.4, 0.5) is 10.1 Å². The lowest BCUT2D eigenvalue weighted by molar-refractivity contribution is -0.119. The van der Waals surface area contributed by atoms with Gasteiger partial charge in [-0.05, 0) is 77.3 Å². The lowest BCUT2D eigenvalue weighted by atomic mass is 10.2. The van der Waals surface area contributed by atoms with Crippen molar-refractivity contribution in [1.29, 1.82) is 0 Å². The molecular weight excluding hydrogens is 625 g/mol. The third kappa shape index (κ3) is 7.54. The maximum Gasteiger partial charge on any atom is 0.264 e. The monoisotopic (exact) mass is 653 g/mol. The van der Waals surface area contributed by atoms with E-state index < -0.39 is 28.3 Å². The van der Waals surface area contributed by atoms with E-state index in [1.165, 1.54) is 43.7 Å². The second-order valence-corrected chi connectivity index (χ2v) is 12.1. The molecule has 0 heterocycles. The Hall–Kier alpha value is -4.22. The number of amides is 1. The molecular formula is C31H29BrFN3O5S. The Morgan fingerprint density at radius 3 is 2.29 bits per heavy atom. The van der Waals surface area contributed by atoms with Crippen LogP contribution < -0.4 is 19.2 Å². The summed E-state index contributed by atoms with van der Waals surface area (Å²) in [4.78, 5) is 12.8. The Labute approximate surface area is 253 Å². The van der Waals surface area contributed by atoms with E-state index in [4.69, 9.17) is 9.47 Å². The maximum atomic E-state index is 14.7. The van der Waals surface area contributed by atoms with Crippen molar-refractivity contribution in [2.24, 2.45) is 5.10 Å². The van der Waals surface area contributed by atoms with Gasteiger partial charge < -0.3 is 9.47 Å². The molecule has 0 aliphatic carbocycles. The molecule has 0 unspecified atom stereocenters. The van der Waals surface area contributed by atoms with Crippen LogP contribution in [-0.2, 0) is 21.4 Å². The summed E-state index contributed by atoms with van der Waals surface area (Å²) >= 11 is 3.50. The summed E-state index contributed by atoms with van der Waals surface area (Å²) < 4.78 is 54.4. The maximum absolute atomic E-state index is 14.7. The van der Waals surface area contributed by atoms with Crippen molar-refractivity contribution < 1.29 is 27.1 Å². The molecule has 4 rings (SSSR count). The van der Waals surface area contributed by atoms with Gasteiger partial charge in [-0.1, -0.05) is 59.7 Å². The first-order valence-corrected chi connectivity index (χ1v) is 15.0. The minimum absolute atomic E-state index is 0.0747. The zero-order chi connectivity index (χ0) is 30.3. The van der Waals surface area contributed by atoms with Gasteiger partial charge in [0.2, 0.25) is 0 Å². The van der Waals surface area contributed by atoms with Gasteiger partial charge in [-0.2, -0.15) is 5.10 Å². The fourth-order valence-corrected chi connectivity index (χ4v) is 5.93. The zero-order valence-corrected chi connectivity index (χ0v) is 25.6. The van der Waals surface area contributed by atoms with Crippen LogP contribution in [0.5, 0.6) is 11.5 Å². The molecule has 0 aliphatic heterocycles. The normalized spacial score (nSPS) is 11.4. The highest BCUT2D eigenvalue weighted by Crippen LogP contribution is 2.37. The number of carbonyl (C=O) groups is 1. The Bertz CT molecular complexity index is 1700. The van der Waals surface area contributed by atoms with Gasteiger partial charge in [-0.25, -0.2) is 18.2 Å². The highest BCUT2D eigenvalue weighted by molar-refractivity contribution is 9.10. The Balaban J connectivity index is 1.49. The van der Waals surface area contributed by atoms with Crippen LogP contribution in [0, 0.1) is 19.7 Å². The van der Waals surface area contributed by atoms with E-state index in [1.807, 2.05) is 38.1 Å². The summed E-state index contributed by atoms with van der Waals surface area (Å²) in [5.74, 6) is -0.610. The van der Waals surface area contributed by atoms with Crippen LogP contribution in [0.25, 0.3) is 0 Å². The number of carbonyl (C=O) groups excluding carboxylic acids is 1. The number of benzene rings is 4. The number of rotatable bonds is 11. The highest BCUT2D eigenvalue weighted by atomic mass is 79.9. The van der Waals surface area contributed by atoms with Gasteiger partial charge in [0.25, 0.3) is 15.9 Å². The number of halogens is 2. The predicted octanol–water partition coefficient (Wildman–Crippen LogP) is 6.14. The van der Waals surface area contributed by atoms with E-state index in [0.717, 1.165) is 27.1 Å². The van der Waals surface area contributed by atoms with E-state index in [1.54, 1.807) is 24.3 Å². The molecule has 0 saturated carbocycles. The molecule has 42 heavy (non-hydrogen) atoms. The third-order valence-electron chi connectivity index (χ3n) is 6.18. The van der Waals surface area contributed by atoms with E-state index in [0.29, 0.717) is 28.1 Å². The number of aryl methyl sites for hydroxylation is 2. The van der Waals surface area contributed by atoms with Gasteiger partial charge in [-0.15, -0.1) is 0 Å². The first kappa shape index (κ1) is 30.7. The molecule has 0 bridgehead atoms. The number of hydrogen-bond acceptors (Lipinski definition) is 6. The van der Waals surface area contributed by atoms with Crippen LogP contribution in [0.3, 0.4) is 0 Å². The minimum Gasteiger partial charge on any atom is -0.493 e. The fraction of sp³-hybridized carbons (Fsp3) is 0.161. The van der Waals surface area contributed by atoms with Gasteiger partial charge in [0.1, 0.15) is 19.0 Å². The fourth-order valence-electron chi connectivity index (χ4n) is 3.93. The molecule has 4 aromatic carbocycles. The van der Waals surface area contributed by atoms with Gasteiger partial charge >= 0.3 is 0 Å². The van der Waals surface area contributed by atoms with Crippen molar-refractivity contribution in [3.05, 3.63) is 117 Å². The zero-order valence-electron chi connectivity index (χ0n) is 23.2. The summed E-state index contributed by atoms with van der Waals surface area (Å²) in [5.41, 5.74) is 5.64. The Morgan fingerprint density at radius 1 is 1.00 bits per heavy atom. The number of para-hydroxylation sites is 1. The van der Waals surface area contributed by atoms with E-state index in [2.05, 4.69) is 26.5 Å². The molecule has 11 heteroatoms. The third-order valence-corrected chi connectivity index (χ3v) is 8.54. The van der Waals surface area contributed by atoms with Crippen LogP contribution in [0.15, 0.2) is 99.4 Å². The number of nitrogens with one attached hydrogen (secondary N) is 1. The summed E-state index contributed by atoms with van der Waals surface area (Å²) in [6.07, 6.45) is 1.37. The topological polar surface area (TPSA) is 97.3 Å². The molecule has 0 aliphatic rings. The molecule has 1 amide bonds. The summed E-state index contributed by atoms with van der Waals surface area (Å²) in [5, 5.41) is 3.97. The second-order valence-electron chi connectivity index (χ2n) is 9.38. The summed E-state index contributed by atoms with van der Waals surface area (Å²) in [7, 11) is -2.76. The first-order chi connectivity index (χ1) is 20.1. The minimum atomic E-state index is -4.27. The molecule has 0 radical (unpaired) electrons. The van der Waals surface area contributed by atoms with Gasteiger partial charge in [-0.3, -0.25) is 9.10 Å². The molecule has 0 aromatic heterocycles. The van der Waals surface area contributed by atoms with Crippen LogP contribution >= 0.6 is 15.9 Å².